The third kappa shape index (κ3) is 2.89. The number of carbonyl (C=O) groups is 1. The SMILES string of the molecule is COc1ccccc1NC(C(=O)O)C(C)C. The lowest BCUT2D eigenvalue weighted by Gasteiger charge is -2.20. The van der Waals surface area contributed by atoms with E-state index in [2.05, 4.69) is 5.32 Å². The molecule has 0 aliphatic rings. The zero-order valence-corrected chi connectivity index (χ0v) is 9.73. The number of hydrogen-bond donors (Lipinski definition) is 2. The number of rotatable bonds is 5. The Morgan fingerprint density at radius 3 is 2.50 bits per heavy atom. The molecule has 0 saturated carbocycles. The van der Waals surface area contributed by atoms with Gasteiger partial charge in [-0.15, -0.1) is 0 Å². The van der Waals surface area contributed by atoms with Gasteiger partial charge in [-0.25, -0.2) is 4.79 Å². The highest BCUT2D eigenvalue weighted by molar-refractivity contribution is 5.78. The van der Waals surface area contributed by atoms with Crippen molar-refractivity contribution in [3.63, 3.8) is 0 Å². The molecule has 0 aromatic heterocycles. The molecular formula is C12H17NO3. The summed E-state index contributed by atoms with van der Waals surface area (Å²) in [5.74, 6) is -0.210. The number of ether oxygens (including phenoxy) is 1. The number of benzene rings is 1. The van der Waals surface area contributed by atoms with Gasteiger partial charge in [-0.05, 0) is 18.1 Å². The van der Waals surface area contributed by atoms with E-state index in [1.807, 2.05) is 26.0 Å². The Labute approximate surface area is 95.2 Å². The Morgan fingerprint density at radius 1 is 1.38 bits per heavy atom. The van der Waals surface area contributed by atoms with Crippen LogP contribution in [0.2, 0.25) is 0 Å². The molecule has 0 bridgehead atoms. The fraction of sp³-hybridized carbons (Fsp3) is 0.417. The van der Waals surface area contributed by atoms with Crippen molar-refractivity contribution in [3.05, 3.63) is 24.3 Å². The third-order valence-corrected chi connectivity index (χ3v) is 2.35. The predicted octanol–water partition coefficient (Wildman–Crippen LogP) is 2.22. The van der Waals surface area contributed by atoms with Gasteiger partial charge in [-0.3, -0.25) is 0 Å². The molecule has 1 unspecified atom stereocenters. The zero-order chi connectivity index (χ0) is 12.1. The molecule has 0 radical (unpaired) electrons. The monoisotopic (exact) mass is 223 g/mol. The summed E-state index contributed by atoms with van der Waals surface area (Å²) in [5.41, 5.74) is 0.700. The topological polar surface area (TPSA) is 58.6 Å². The highest BCUT2D eigenvalue weighted by Crippen LogP contribution is 2.25. The van der Waals surface area contributed by atoms with E-state index in [1.165, 1.54) is 0 Å². The quantitative estimate of drug-likeness (QED) is 0.803. The van der Waals surface area contributed by atoms with Crippen LogP contribution in [-0.4, -0.2) is 24.2 Å². The molecule has 0 aliphatic heterocycles. The van der Waals surface area contributed by atoms with Gasteiger partial charge >= 0.3 is 5.97 Å². The molecule has 0 fully saturated rings. The molecule has 4 nitrogen and oxygen atoms in total. The summed E-state index contributed by atoms with van der Waals surface area (Å²) in [6.07, 6.45) is 0. The van der Waals surface area contributed by atoms with E-state index < -0.39 is 12.0 Å². The first kappa shape index (κ1) is 12.4. The molecule has 1 aromatic rings. The number of carboxylic acids is 1. The molecule has 0 heterocycles. The maximum Gasteiger partial charge on any atom is 0.326 e. The predicted molar refractivity (Wildman–Crippen MR) is 62.9 cm³/mol. The van der Waals surface area contributed by atoms with Gasteiger partial charge in [0.15, 0.2) is 0 Å². The van der Waals surface area contributed by atoms with Crippen LogP contribution in [0.3, 0.4) is 0 Å². The van der Waals surface area contributed by atoms with E-state index in [4.69, 9.17) is 9.84 Å². The van der Waals surface area contributed by atoms with Gasteiger partial charge in [0.05, 0.1) is 12.8 Å². The molecule has 2 N–H and O–H groups in total. The minimum Gasteiger partial charge on any atom is -0.495 e. The van der Waals surface area contributed by atoms with E-state index in [0.717, 1.165) is 0 Å². The summed E-state index contributed by atoms with van der Waals surface area (Å²) in [6.45, 7) is 3.72. The van der Waals surface area contributed by atoms with Crippen molar-refractivity contribution in [1.29, 1.82) is 0 Å². The van der Waals surface area contributed by atoms with Crippen molar-refractivity contribution in [3.8, 4) is 5.75 Å². The average molecular weight is 223 g/mol. The van der Waals surface area contributed by atoms with Crippen LogP contribution in [0.4, 0.5) is 5.69 Å². The van der Waals surface area contributed by atoms with Crippen molar-refractivity contribution < 1.29 is 14.6 Å². The summed E-state index contributed by atoms with van der Waals surface area (Å²) >= 11 is 0. The van der Waals surface area contributed by atoms with Crippen molar-refractivity contribution in [2.24, 2.45) is 5.92 Å². The third-order valence-electron chi connectivity index (χ3n) is 2.35. The first-order valence-electron chi connectivity index (χ1n) is 5.18. The fourth-order valence-electron chi connectivity index (χ4n) is 1.44. The number of hydrogen-bond acceptors (Lipinski definition) is 3. The van der Waals surface area contributed by atoms with Crippen LogP contribution in [0, 0.1) is 5.92 Å². The molecule has 0 aliphatic carbocycles. The van der Waals surface area contributed by atoms with E-state index >= 15 is 0 Å². The smallest absolute Gasteiger partial charge is 0.326 e. The molecule has 1 rings (SSSR count). The molecule has 88 valence electrons. The van der Waals surface area contributed by atoms with Crippen molar-refractivity contribution in [2.45, 2.75) is 19.9 Å². The van der Waals surface area contributed by atoms with Gasteiger partial charge in [0.25, 0.3) is 0 Å². The number of carboxylic acid groups (broad SMARTS) is 1. The Balaban J connectivity index is 2.89. The van der Waals surface area contributed by atoms with Crippen LogP contribution in [-0.2, 0) is 4.79 Å². The van der Waals surface area contributed by atoms with Gasteiger partial charge < -0.3 is 15.2 Å². The molecule has 16 heavy (non-hydrogen) atoms. The van der Waals surface area contributed by atoms with Gasteiger partial charge in [0.1, 0.15) is 11.8 Å². The summed E-state index contributed by atoms with van der Waals surface area (Å²) in [5, 5.41) is 12.0. The number of aliphatic carboxylic acids is 1. The lowest BCUT2D eigenvalue weighted by molar-refractivity contribution is -0.138. The van der Waals surface area contributed by atoms with E-state index in [0.29, 0.717) is 11.4 Å². The molecule has 0 amide bonds. The van der Waals surface area contributed by atoms with Crippen LogP contribution < -0.4 is 10.1 Å². The van der Waals surface area contributed by atoms with E-state index in [-0.39, 0.29) is 5.92 Å². The Bertz CT molecular complexity index is 363. The first-order chi connectivity index (χ1) is 7.56. The van der Waals surface area contributed by atoms with Crippen molar-refractivity contribution >= 4 is 11.7 Å². The summed E-state index contributed by atoms with van der Waals surface area (Å²) < 4.78 is 5.15. The van der Waals surface area contributed by atoms with Crippen LogP contribution in [0.15, 0.2) is 24.3 Å². The molecule has 1 aromatic carbocycles. The number of para-hydroxylation sites is 2. The Kier molecular flexibility index (Phi) is 4.17. The second-order valence-electron chi connectivity index (χ2n) is 3.90. The maximum absolute atomic E-state index is 11.0. The molecule has 0 spiro atoms. The van der Waals surface area contributed by atoms with Crippen molar-refractivity contribution in [1.82, 2.24) is 0 Å². The Morgan fingerprint density at radius 2 is 2.00 bits per heavy atom. The van der Waals surface area contributed by atoms with Gasteiger partial charge in [0, 0.05) is 0 Å². The fourth-order valence-corrected chi connectivity index (χ4v) is 1.44. The lowest BCUT2D eigenvalue weighted by Crippen LogP contribution is -2.34. The average Bonchev–Trinajstić information content (AvgIpc) is 2.25. The van der Waals surface area contributed by atoms with Gasteiger partial charge in [-0.1, -0.05) is 26.0 Å². The molecular weight excluding hydrogens is 206 g/mol. The maximum atomic E-state index is 11.0. The highest BCUT2D eigenvalue weighted by atomic mass is 16.5. The summed E-state index contributed by atoms with van der Waals surface area (Å²) in [6, 6.07) is 6.66. The molecule has 1 atom stereocenters. The van der Waals surface area contributed by atoms with Gasteiger partial charge in [0.2, 0.25) is 0 Å². The van der Waals surface area contributed by atoms with Crippen LogP contribution in [0.5, 0.6) is 5.75 Å². The van der Waals surface area contributed by atoms with E-state index in [9.17, 15) is 4.79 Å². The van der Waals surface area contributed by atoms with E-state index in [1.54, 1.807) is 19.2 Å². The normalized spacial score (nSPS) is 12.2. The summed E-state index contributed by atoms with van der Waals surface area (Å²) in [7, 11) is 1.56. The standard InChI is InChI=1S/C12H17NO3/c1-8(2)11(12(14)15)13-9-6-4-5-7-10(9)16-3/h4-8,11,13H,1-3H3,(H,14,15). The number of nitrogens with one attached hydrogen (secondary N) is 1. The van der Waals surface area contributed by atoms with Gasteiger partial charge in [-0.2, -0.15) is 0 Å². The largest absolute Gasteiger partial charge is 0.495 e. The van der Waals surface area contributed by atoms with Crippen molar-refractivity contribution in [2.75, 3.05) is 12.4 Å². The minimum atomic E-state index is -0.860. The zero-order valence-electron chi connectivity index (χ0n) is 9.73. The summed E-state index contributed by atoms with van der Waals surface area (Å²) in [4.78, 5) is 11.0. The van der Waals surface area contributed by atoms with Crippen LogP contribution >= 0.6 is 0 Å². The highest BCUT2D eigenvalue weighted by Gasteiger charge is 2.21. The number of anilines is 1. The second kappa shape index (κ2) is 5.39. The first-order valence-corrected chi connectivity index (χ1v) is 5.18. The van der Waals surface area contributed by atoms with Crippen LogP contribution in [0.25, 0.3) is 0 Å². The minimum absolute atomic E-state index is 0.00223. The Hall–Kier alpha value is -1.71. The second-order valence-corrected chi connectivity index (χ2v) is 3.90. The number of methoxy groups -OCH3 is 1. The molecule has 4 heteroatoms. The van der Waals surface area contributed by atoms with Crippen LogP contribution in [0.1, 0.15) is 13.8 Å². The molecule has 0 saturated heterocycles. The lowest BCUT2D eigenvalue weighted by atomic mass is 10.0.